The molecule has 0 aliphatic carbocycles. The van der Waals surface area contributed by atoms with Gasteiger partial charge in [-0.15, -0.1) is 0 Å². The number of aromatic nitrogens is 4. The summed E-state index contributed by atoms with van der Waals surface area (Å²) in [5.41, 5.74) is 1.13. The van der Waals surface area contributed by atoms with Crippen LogP contribution in [0.15, 0.2) is 6.20 Å². The van der Waals surface area contributed by atoms with Crippen LogP contribution in [0.25, 0.3) is 0 Å². The first-order chi connectivity index (χ1) is 14.0. The molecule has 1 aliphatic rings. The van der Waals surface area contributed by atoms with Gasteiger partial charge in [0, 0.05) is 51.0 Å². The van der Waals surface area contributed by atoms with Crippen molar-refractivity contribution in [1.82, 2.24) is 29.4 Å². The summed E-state index contributed by atoms with van der Waals surface area (Å²) in [5, 5.41) is 7.57. The van der Waals surface area contributed by atoms with Gasteiger partial charge in [-0.05, 0) is 27.7 Å². The average molecular weight is 447 g/mol. The van der Waals surface area contributed by atoms with E-state index in [0.717, 1.165) is 29.0 Å². The molecule has 0 saturated carbocycles. The molecule has 1 unspecified atom stereocenters. The summed E-state index contributed by atoms with van der Waals surface area (Å²) in [6.07, 6.45) is -2.62. The Labute approximate surface area is 178 Å². The Morgan fingerprint density at radius 1 is 1.20 bits per heavy atom. The predicted octanol–water partition coefficient (Wildman–Crippen LogP) is 3.29. The van der Waals surface area contributed by atoms with E-state index in [0.29, 0.717) is 26.2 Å². The second-order valence-electron chi connectivity index (χ2n) is 7.56. The first kappa shape index (κ1) is 22.6. The highest BCUT2D eigenvalue weighted by Crippen LogP contribution is 2.36. The van der Waals surface area contributed by atoms with Crippen molar-refractivity contribution in [2.75, 3.05) is 26.2 Å². The normalized spacial score (nSPS) is 16.9. The van der Waals surface area contributed by atoms with Crippen molar-refractivity contribution in [2.24, 2.45) is 0 Å². The van der Waals surface area contributed by atoms with Crippen molar-refractivity contribution in [2.45, 2.75) is 53.0 Å². The molecule has 1 saturated heterocycles. The van der Waals surface area contributed by atoms with Crippen LogP contribution in [0.4, 0.5) is 13.2 Å². The molecule has 166 valence electrons. The number of amides is 1. The fourth-order valence-corrected chi connectivity index (χ4v) is 3.90. The van der Waals surface area contributed by atoms with Crippen LogP contribution < -0.4 is 0 Å². The number of carbonyl (C=O) groups is 1. The molecular formula is C19H26ClF3N6O. The van der Waals surface area contributed by atoms with Gasteiger partial charge in [-0.3, -0.25) is 19.1 Å². The van der Waals surface area contributed by atoms with Crippen LogP contribution in [-0.4, -0.2) is 61.4 Å². The summed E-state index contributed by atoms with van der Waals surface area (Å²) in [4.78, 5) is 16.8. The van der Waals surface area contributed by atoms with Crippen molar-refractivity contribution >= 4 is 17.5 Å². The lowest BCUT2D eigenvalue weighted by Crippen LogP contribution is -2.50. The number of carbonyl (C=O) groups excluding carboxylic acids is 1. The smallest absolute Gasteiger partial charge is 0.338 e. The third-order valence-corrected chi connectivity index (χ3v) is 5.97. The van der Waals surface area contributed by atoms with Crippen LogP contribution in [0.5, 0.6) is 0 Å². The predicted molar refractivity (Wildman–Crippen MR) is 106 cm³/mol. The zero-order chi connectivity index (χ0) is 22.2. The molecule has 1 atom stereocenters. The van der Waals surface area contributed by atoms with Gasteiger partial charge in [0.15, 0.2) is 5.69 Å². The molecular weight excluding hydrogens is 421 g/mol. The van der Waals surface area contributed by atoms with Crippen LogP contribution >= 0.6 is 11.6 Å². The average Bonchev–Trinajstić information content (AvgIpc) is 3.20. The molecule has 11 heteroatoms. The molecule has 3 rings (SSSR count). The summed E-state index contributed by atoms with van der Waals surface area (Å²) >= 11 is 5.81. The first-order valence-electron chi connectivity index (χ1n) is 9.88. The zero-order valence-corrected chi connectivity index (χ0v) is 18.3. The van der Waals surface area contributed by atoms with Gasteiger partial charge in [-0.25, -0.2) is 0 Å². The molecule has 0 radical (unpaired) electrons. The molecule has 0 bridgehead atoms. The Morgan fingerprint density at radius 3 is 2.33 bits per heavy atom. The topological polar surface area (TPSA) is 59.2 Å². The number of hydrogen-bond donors (Lipinski definition) is 0. The molecule has 0 N–H and O–H groups in total. The van der Waals surface area contributed by atoms with Crippen LogP contribution in [0.2, 0.25) is 5.02 Å². The van der Waals surface area contributed by atoms with Gasteiger partial charge >= 0.3 is 6.18 Å². The Morgan fingerprint density at radius 2 is 1.83 bits per heavy atom. The summed E-state index contributed by atoms with van der Waals surface area (Å²) < 4.78 is 42.2. The van der Waals surface area contributed by atoms with Crippen LogP contribution in [0.3, 0.4) is 0 Å². The van der Waals surface area contributed by atoms with E-state index >= 15 is 0 Å². The lowest BCUT2D eigenvalue weighted by atomic mass is 10.2. The SMILES string of the molecule is CCn1cc(CN2CCN(C(=O)C(C)n3nc(C(F)(F)F)c(Cl)c3C)CC2)c(C)n1. The minimum absolute atomic E-state index is 0.131. The van der Waals surface area contributed by atoms with Gasteiger partial charge in [0.25, 0.3) is 0 Å². The standard InChI is InChI=1S/C19H26ClF3N6O/c1-5-28-11-15(12(2)24-28)10-26-6-8-27(9-7-26)18(30)14(4)29-13(3)16(20)17(25-29)19(21,22)23/h11,14H,5-10H2,1-4H3. The molecule has 7 nitrogen and oxygen atoms in total. The van der Waals surface area contributed by atoms with Crippen molar-refractivity contribution in [3.05, 3.63) is 33.9 Å². The molecule has 2 aromatic heterocycles. The summed E-state index contributed by atoms with van der Waals surface area (Å²) in [6.45, 7) is 10.9. The number of alkyl halides is 3. The Bertz CT molecular complexity index is 914. The van der Waals surface area contributed by atoms with Gasteiger partial charge in [-0.1, -0.05) is 11.6 Å². The van der Waals surface area contributed by atoms with Crippen molar-refractivity contribution in [1.29, 1.82) is 0 Å². The van der Waals surface area contributed by atoms with Crippen LogP contribution in [0.1, 0.15) is 42.5 Å². The maximum Gasteiger partial charge on any atom is 0.436 e. The van der Waals surface area contributed by atoms with Crippen LogP contribution in [-0.2, 0) is 24.1 Å². The van der Waals surface area contributed by atoms with E-state index in [4.69, 9.17) is 11.6 Å². The lowest BCUT2D eigenvalue weighted by molar-refractivity contribution is -0.142. The second-order valence-corrected chi connectivity index (χ2v) is 7.94. The Hall–Kier alpha value is -2.07. The van der Waals surface area contributed by atoms with E-state index in [9.17, 15) is 18.0 Å². The Kier molecular flexibility index (Phi) is 6.47. The quantitative estimate of drug-likeness (QED) is 0.707. The highest BCUT2D eigenvalue weighted by molar-refractivity contribution is 6.32. The number of piperazine rings is 1. The number of halogens is 4. The minimum atomic E-state index is -4.66. The summed E-state index contributed by atoms with van der Waals surface area (Å²) in [6, 6.07) is -0.866. The molecule has 30 heavy (non-hydrogen) atoms. The third-order valence-electron chi connectivity index (χ3n) is 5.52. The molecule has 3 heterocycles. The number of rotatable bonds is 5. The maximum absolute atomic E-state index is 13.1. The fraction of sp³-hybridized carbons (Fsp3) is 0.632. The number of aryl methyl sites for hydroxylation is 2. The largest absolute Gasteiger partial charge is 0.436 e. The summed E-state index contributed by atoms with van der Waals surface area (Å²) in [7, 11) is 0. The first-order valence-corrected chi connectivity index (χ1v) is 10.3. The molecule has 0 aromatic carbocycles. The van der Waals surface area contributed by atoms with Gasteiger partial charge in [0.05, 0.1) is 16.4 Å². The van der Waals surface area contributed by atoms with Crippen molar-refractivity contribution in [3.63, 3.8) is 0 Å². The highest BCUT2D eigenvalue weighted by atomic mass is 35.5. The third kappa shape index (κ3) is 4.49. The minimum Gasteiger partial charge on any atom is -0.338 e. The second kappa shape index (κ2) is 8.58. The molecule has 1 amide bonds. The van der Waals surface area contributed by atoms with E-state index in [1.165, 1.54) is 6.92 Å². The Balaban J connectivity index is 1.63. The van der Waals surface area contributed by atoms with Gasteiger partial charge in [-0.2, -0.15) is 23.4 Å². The van der Waals surface area contributed by atoms with E-state index in [2.05, 4.69) is 15.1 Å². The highest BCUT2D eigenvalue weighted by Gasteiger charge is 2.39. The monoisotopic (exact) mass is 446 g/mol. The van der Waals surface area contributed by atoms with Gasteiger partial charge in [0.2, 0.25) is 5.91 Å². The maximum atomic E-state index is 13.1. The van der Waals surface area contributed by atoms with Gasteiger partial charge < -0.3 is 4.90 Å². The van der Waals surface area contributed by atoms with Crippen molar-refractivity contribution in [3.8, 4) is 0 Å². The zero-order valence-electron chi connectivity index (χ0n) is 17.5. The van der Waals surface area contributed by atoms with E-state index < -0.39 is 22.9 Å². The molecule has 2 aromatic rings. The molecule has 1 fully saturated rings. The molecule has 1 aliphatic heterocycles. The van der Waals surface area contributed by atoms with Gasteiger partial charge in [0.1, 0.15) is 6.04 Å². The summed E-state index contributed by atoms with van der Waals surface area (Å²) in [5.74, 6) is -0.263. The van der Waals surface area contributed by atoms with Crippen LogP contribution in [0, 0.1) is 13.8 Å². The van der Waals surface area contributed by atoms with E-state index in [1.54, 1.807) is 11.8 Å². The lowest BCUT2D eigenvalue weighted by Gasteiger charge is -2.36. The van der Waals surface area contributed by atoms with E-state index in [1.807, 2.05) is 24.7 Å². The van der Waals surface area contributed by atoms with Crippen molar-refractivity contribution < 1.29 is 18.0 Å². The number of nitrogens with zero attached hydrogens (tertiary/aromatic N) is 6. The van der Waals surface area contributed by atoms with E-state index in [-0.39, 0.29) is 11.6 Å². The fourth-order valence-electron chi connectivity index (χ4n) is 3.67. The molecule has 0 spiro atoms. The number of hydrogen-bond acceptors (Lipinski definition) is 4.